The van der Waals surface area contributed by atoms with E-state index in [1.807, 2.05) is 0 Å². The van der Waals surface area contributed by atoms with Gasteiger partial charge < -0.3 is 19.7 Å². The molecule has 0 aromatic carbocycles. The Labute approximate surface area is 213 Å². The third kappa shape index (κ3) is 4.67. The summed E-state index contributed by atoms with van der Waals surface area (Å²) >= 11 is 0. The van der Waals surface area contributed by atoms with Crippen molar-refractivity contribution in [2.75, 3.05) is 6.61 Å². The Morgan fingerprint density at radius 2 is 1.77 bits per heavy atom. The predicted octanol–water partition coefficient (Wildman–Crippen LogP) is 6.74. The minimum absolute atomic E-state index is 0.275. The van der Waals surface area contributed by atoms with Crippen LogP contribution in [0.5, 0.6) is 0 Å². The second kappa shape index (κ2) is 10.2. The molecule has 35 heavy (non-hydrogen) atoms. The molecule has 0 amide bonds. The van der Waals surface area contributed by atoms with Gasteiger partial charge in [-0.15, -0.1) is 0 Å². The fourth-order valence-electron chi connectivity index (χ4n) is 9.66. The van der Waals surface area contributed by atoms with Crippen molar-refractivity contribution >= 4 is 6.16 Å². The largest absolute Gasteiger partial charge is 0.508 e. The van der Waals surface area contributed by atoms with E-state index < -0.39 is 24.0 Å². The van der Waals surface area contributed by atoms with Gasteiger partial charge >= 0.3 is 6.16 Å². The molecule has 0 bridgehead atoms. The lowest BCUT2D eigenvalue weighted by molar-refractivity contribution is -0.265. The topological polar surface area (TPSA) is 76.0 Å². The summed E-state index contributed by atoms with van der Waals surface area (Å²) in [7, 11) is 0. The van der Waals surface area contributed by atoms with Gasteiger partial charge in [-0.3, -0.25) is 0 Å². The molecule has 10 atom stereocenters. The second-order valence-corrected chi connectivity index (χ2v) is 13.7. The van der Waals surface area contributed by atoms with Crippen molar-refractivity contribution in [3.63, 3.8) is 0 Å². The summed E-state index contributed by atoms with van der Waals surface area (Å²) in [5, 5.41) is 23.4. The zero-order valence-corrected chi connectivity index (χ0v) is 23.2. The highest BCUT2D eigenvalue weighted by atomic mass is 16.7. The molecule has 0 spiro atoms. The van der Waals surface area contributed by atoms with Crippen LogP contribution < -0.4 is 0 Å². The second-order valence-electron chi connectivity index (χ2n) is 13.7. The number of fused-ring (bicyclic) bond motifs is 5. The van der Waals surface area contributed by atoms with Gasteiger partial charge in [0.2, 0.25) is 0 Å². The molecular weight excluding hydrogens is 440 g/mol. The molecule has 0 aliphatic heterocycles. The number of aliphatic hydroxyl groups excluding tert-OH is 1. The molecule has 0 aromatic rings. The standard InChI is InChI=1S/C30H52O5/c1-7-34-27(32)35-21-13-16-29(6)25-14-15-28(5)23(20(4)10-8-9-19(2)3)11-12-24(28)22(25)17-26(31)30(29,33)18-21/h19-26,31,33H,7-18H2,1-6H3/t20-,21+,22-,23+,24-,25-,26+,28-,29-,30+/m1/s1. The Bertz CT molecular complexity index is 753. The first kappa shape index (κ1) is 27.2. The lowest BCUT2D eigenvalue weighted by Crippen LogP contribution is -2.68. The molecule has 4 saturated carbocycles. The van der Waals surface area contributed by atoms with Gasteiger partial charge in [0, 0.05) is 11.8 Å². The van der Waals surface area contributed by atoms with Crippen LogP contribution in [-0.4, -0.2) is 40.8 Å². The number of carbonyl (C=O) groups excluding carboxylic acids is 1. The summed E-state index contributed by atoms with van der Waals surface area (Å²) in [4.78, 5) is 11.9. The average Bonchev–Trinajstić information content (AvgIpc) is 3.13. The number of hydrogen-bond acceptors (Lipinski definition) is 5. The molecule has 0 saturated heterocycles. The molecule has 0 unspecified atom stereocenters. The summed E-state index contributed by atoms with van der Waals surface area (Å²) in [6, 6.07) is 0. The van der Waals surface area contributed by atoms with Gasteiger partial charge in [-0.05, 0) is 92.8 Å². The van der Waals surface area contributed by atoms with Crippen molar-refractivity contribution in [1.29, 1.82) is 0 Å². The molecule has 0 radical (unpaired) electrons. The monoisotopic (exact) mass is 492 g/mol. The van der Waals surface area contributed by atoms with Crippen molar-refractivity contribution in [3.05, 3.63) is 0 Å². The molecule has 2 N–H and O–H groups in total. The third-order valence-electron chi connectivity index (χ3n) is 11.5. The van der Waals surface area contributed by atoms with E-state index in [1.165, 1.54) is 38.5 Å². The van der Waals surface area contributed by atoms with Crippen molar-refractivity contribution < 1.29 is 24.5 Å². The summed E-state index contributed by atoms with van der Waals surface area (Å²) in [6.45, 7) is 14.0. The quantitative estimate of drug-likeness (QED) is 0.385. The SMILES string of the molecule is CCOC(=O)O[C@H]1CC[C@]2(C)[C@@H]3CC[C@@]4(C)[C@H](CC[C@H]4[C@H](C)CCCC(C)C)[C@H]3C[C@H](O)[C@@]2(O)C1. The smallest absolute Gasteiger partial charge is 0.435 e. The van der Waals surface area contributed by atoms with Crippen molar-refractivity contribution in [1.82, 2.24) is 0 Å². The third-order valence-corrected chi connectivity index (χ3v) is 11.5. The highest BCUT2D eigenvalue weighted by Crippen LogP contribution is 2.69. The number of ether oxygens (including phenoxy) is 2. The molecule has 4 aliphatic rings. The van der Waals surface area contributed by atoms with E-state index in [9.17, 15) is 15.0 Å². The highest BCUT2D eigenvalue weighted by Gasteiger charge is 2.67. The van der Waals surface area contributed by atoms with Crippen LogP contribution in [0.25, 0.3) is 0 Å². The van der Waals surface area contributed by atoms with E-state index in [-0.39, 0.29) is 12.0 Å². The summed E-state index contributed by atoms with van der Waals surface area (Å²) in [5.74, 6) is 3.86. The molecular formula is C30H52O5. The van der Waals surface area contributed by atoms with E-state index in [0.29, 0.717) is 36.0 Å². The lowest BCUT2D eigenvalue weighted by atomic mass is 9.42. The first-order chi connectivity index (χ1) is 16.5. The van der Waals surface area contributed by atoms with E-state index in [4.69, 9.17) is 9.47 Å². The predicted molar refractivity (Wildman–Crippen MR) is 138 cm³/mol. The molecule has 4 fully saturated rings. The molecule has 5 heteroatoms. The fraction of sp³-hybridized carbons (Fsp3) is 0.967. The fourth-order valence-corrected chi connectivity index (χ4v) is 9.66. The van der Waals surface area contributed by atoms with Crippen molar-refractivity contribution in [2.45, 2.75) is 130 Å². The van der Waals surface area contributed by atoms with Crippen LogP contribution >= 0.6 is 0 Å². The lowest BCUT2D eigenvalue weighted by Gasteiger charge is -2.65. The van der Waals surface area contributed by atoms with Gasteiger partial charge in [0.15, 0.2) is 0 Å². The molecule has 4 aliphatic carbocycles. The van der Waals surface area contributed by atoms with Crippen LogP contribution in [0.15, 0.2) is 0 Å². The van der Waals surface area contributed by atoms with Crippen LogP contribution in [0.1, 0.15) is 112 Å². The minimum Gasteiger partial charge on any atom is -0.435 e. The number of aliphatic hydroxyl groups is 2. The molecule has 0 aromatic heterocycles. The maximum atomic E-state index is 12.0. The maximum absolute atomic E-state index is 12.0. The Balaban J connectivity index is 1.48. The zero-order valence-electron chi connectivity index (χ0n) is 23.2. The Hall–Kier alpha value is -0.810. The summed E-state index contributed by atoms with van der Waals surface area (Å²) < 4.78 is 10.5. The molecule has 0 heterocycles. The van der Waals surface area contributed by atoms with Crippen LogP contribution in [0.4, 0.5) is 4.79 Å². The molecule has 4 rings (SSSR count). The number of hydrogen-bond donors (Lipinski definition) is 2. The first-order valence-electron chi connectivity index (χ1n) is 14.7. The van der Waals surface area contributed by atoms with Gasteiger partial charge in [-0.2, -0.15) is 0 Å². The zero-order chi connectivity index (χ0) is 25.6. The normalized spacial score (nSPS) is 45.9. The average molecular weight is 493 g/mol. The van der Waals surface area contributed by atoms with Gasteiger partial charge in [-0.25, -0.2) is 4.79 Å². The van der Waals surface area contributed by atoms with Gasteiger partial charge in [0.05, 0.1) is 18.3 Å². The Morgan fingerprint density at radius 3 is 2.46 bits per heavy atom. The van der Waals surface area contributed by atoms with Crippen LogP contribution in [-0.2, 0) is 9.47 Å². The van der Waals surface area contributed by atoms with E-state index in [0.717, 1.165) is 37.0 Å². The number of carbonyl (C=O) groups is 1. The van der Waals surface area contributed by atoms with E-state index in [2.05, 4.69) is 34.6 Å². The van der Waals surface area contributed by atoms with E-state index in [1.54, 1.807) is 6.92 Å². The van der Waals surface area contributed by atoms with Crippen molar-refractivity contribution in [2.24, 2.45) is 46.3 Å². The van der Waals surface area contributed by atoms with Crippen molar-refractivity contribution in [3.8, 4) is 0 Å². The Morgan fingerprint density at radius 1 is 1.03 bits per heavy atom. The Kier molecular flexibility index (Phi) is 7.90. The minimum atomic E-state index is -1.21. The van der Waals surface area contributed by atoms with Crippen LogP contribution in [0, 0.1) is 46.3 Å². The first-order valence-corrected chi connectivity index (χ1v) is 14.7. The van der Waals surface area contributed by atoms with Crippen LogP contribution in [0.3, 0.4) is 0 Å². The van der Waals surface area contributed by atoms with Gasteiger partial charge in [-0.1, -0.05) is 53.9 Å². The van der Waals surface area contributed by atoms with Gasteiger partial charge in [0.25, 0.3) is 0 Å². The maximum Gasteiger partial charge on any atom is 0.508 e. The molecule has 5 nitrogen and oxygen atoms in total. The van der Waals surface area contributed by atoms with Gasteiger partial charge in [0.1, 0.15) is 6.10 Å². The van der Waals surface area contributed by atoms with Crippen LogP contribution in [0.2, 0.25) is 0 Å². The van der Waals surface area contributed by atoms with E-state index >= 15 is 0 Å². The number of rotatable bonds is 7. The summed E-state index contributed by atoms with van der Waals surface area (Å²) in [6.07, 6.45) is 9.63. The summed E-state index contributed by atoms with van der Waals surface area (Å²) in [5.41, 5.74) is -1.19. The highest BCUT2D eigenvalue weighted by molar-refractivity contribution is 5.60. The molecule has 202 valence electrons.